The van der Waals surface area contributed by atoms with Gasteiger partial charge < -0.3 is 10.5 Å². The van der Waals surface area contributed by atoms with Crippen LogP contribution in [0, 0.1) is 5.41 Å². The molecule has 2 aromatic rings. The van der Waals surface area contributed by atoms with Gasteiger partial charge in [0.05, 0.1) is 11.5 Å². The van der Waals surface area contributed by atoms with Gasteiger partial charge in [0.1, 0.15) is 17.3 Å². The molecule has 3 rings (SSSR count). The molecule has 0 spiro atoms. The maximum Gasteiger partial charge on any atom is 0.158 e. The zero-order valence-corrected chi connectivity index (χ0v) is 12.9. The topological polar surface area (TPSA) is 61.0 Å². The number of nitrogens with two attached hydrogens (primary N) is 1. The van der Waals surface area contributed by atoms with Gasteiger partial charge in [0.15, 0.2) is 5.82 Å². The first-order valence-electron chi connectivity index (χ1n) is 7.15. The van der Waals surface area contributed by atoms with Gasteiger partial charge in [-0.05, 0) is 42.5 Å². The molecule has 0 atom stereocenters. The molecule has 0 saturated heterocycles. The molecule has 0 unspecified atom stereocenters. The molecule has 1 aliphatic carbocycles. The lowest BCUT2D eigenvalue weighted by atomic mass is 9.76. The molecule has 1 aliphatic rings. The molecule has 0 amide bonds. The van der Waals surface area contributed by atoms with Crippen molar-refractivity contribution < 1.29 is 4.74 Å². The summed E-state index contributed by atoms with van der Waals surface area (Å²) in [5.41, 5.74) is 6.41. The molecule has 108 valence electrons. The van der Waals surface area contributed by atoms with E-state index in [0.29, 0.717) is 29.8 Å². The highest BCUT2D eigenvalue weighted by Crippen LogP contribution is 2.36. The molecule has 4 nitrogen and oxygen atoms in total. The zero-order valence-electron chi connectivity index (χ0n) is 12.1. The summed E-state index contributed by atoms with van der Waals surface area (Å²) >= 11 is 1.59. The van der Waals surface area contributed by atoms with E-state index in [1.165, 1.54) is 12.8 Å². The van der Waals surface area contributed by atoms with Crippen LogP contribution in [0.1, 0.15) is 45.4 Å². The number of rotatable bonds is 3. The van der Waals surface area contributed by atoms with Crippen molar-refractivity contribution in [3.8, 4) is 0 Å². The molecule has 0 bridgehead atoms. The van der Waals surface area contributed by atoms with Crippen molar-refractivity contribution in [3.63, 3.8) is 0 Å². The fourth-order valence-electron chi connectivity index (χ4n) is 2.72. The molecular formula is C15H21N3OS. The number of nitrogens with zero attached hydrogens (tertiary/aromatic N) is 2. The minimum atomic E-state index is 0.340. The van der Waals surface area contributed by atoms with Crippen LogP contribution in [0.3, 0.4) is 0 Å². The molecule has 1 saturated carbocycles. The normalized spacial score (nSPS) is 19.5. The highest BCUT2D eigenvalue weighted by molar-refractivity contribution is 7.16. The van der Waals surface area contributed by atoms with E-state index in [-0.39, 0.29) is 0 Å². The SMILES string of the molecule is CC1(C)CCC(OCc2nc(N)c3ccsc3n2)CC1. The molecule has 1 fully saturated rings. The summed E-state index contributed by atoms with van der Waals surface area (Å²) in [5.74, 6) is 1.25. The second kappa shape index (κ2) is 5.30. The lowest BCUT2D eigenvalue weighted by Gasteiger charge is -2.34. The third-order valence-corrected chi connectivity index (χ3v) is 4.94. The van der Waals surface area contributed by atoms with Crippen molar-refractivity contribution in [2.45, 2.75) is 52.2 Å². The van der Waals surface area contributed by atoms with Crippen LogP contribution in [-0.4, -0.2) is 16.1 Å². The van der Waals surface area contributed by atoms with Crippen molar-refractivity contribution in [1.82, 2.24) is 9.97 Å². The molecule has 2 heterocycles. The maximum atomic E-state index is 5.97. The van der Waals surface area contributed by atoms with Gasteiger partial charge in [-0.25, -0.2) is 9.97 Å². The summed E-state index contributed by atoms with van der Waals surface area (Å²) in [6.45, 7) is 5.12. The van der Waals surface area contributed by atoms with Crippen LogP contribution in [0.2, 0.25) is 0 Å². The summed E-state index contributed by atoms with van der Waals surface area (Å²) in [6, 6.07) is 1.96. The number of fused-ring (bicyclic) bond motifs is 1. The van der Waals surface area contributed by atoms with Crippen molar-refractivity contribution >= 4 is 27.4 Å². The lowest BCUT2D eigenvalue weighted by molar-refractivity contribution is -0.00813. The molecule has 2 N–H and O–H groups in total. The van der Waals surface area contributed by atoms with Gasteiger partial charge in [-0.2, -0.15) is 0 Å². The van der Waals surface area contributed by atoms with Crippen molar-refractivity contribution in [2.75, 3.05) is 5.73 Å². The Balaban J connectivity index is 1.63. The molecule has 20 heavy (non-hydrogen) atoms. The van der Waals surface area contributed by atoms with Gasteiger partial charge in [-0.3, -0.25) is 0 Å². The first kappa shape index (κ1) is 13.8. The van der Waals surface area contributed by atoms with Crippen LogP contribution in [0.25, 0.3) is 10.2 Å². The number of anilines is 1. The quantitative estimate of drug-likeness (QED) is 0.935. The minimum absolute atomic E-state index is 0.340. The van der Waals surface area contributed by atoms with E-state index in [0.717, 1.165) is 23.1 Å². The average molecular weight is 291 g/mol. The van der Waals surface area contributed by atoms with Crippen LogP contribution < -0.4 is 5.73 Å². The molecule has 0 aliphatic heterocycles. The largest absolute Gasteiger partial charge is 0.383 e. The number of aromatic nitrogens is 2. The highest BCUT2D eigenvalue weighted by atomic mass is 32.1. The third kappa shape index (κ3) is 2.94. The van der Waals surface area contributed by atoms with Crippen LogP contribution in [-0.2, 0) is 11.3 Å². The number of ether oxygens (including phenoxy) is 1. The van der Waals surface area contributed by atoms with Gasteiger partial charge >= 0.3 is 0 Å². The van der Waals surface area contributed by atoms with E-state index in [4.69, 9.17) is 10.5 Å². The van der Waals surface area contributed by atoms with Gasteiger partial charge in [-0.1, -0.05) is 13.8 Å². The minimum Gasteiger partial charge on any atom is -0.383 e. The van der Waals surface area contributed by atoms with E-state index >= 15 is 0 Å². The fourth-order valence-corrected chi connectivity index (χ4v) is 3.51. The first-order chi connectivity index (χ1) is 9.53. The number of thiophene rings is 1. The highest BCUT2D eigenvalue weighted by Gasteiger charge is 2.27. The second-order valence-corrected chi connectivity index (χ2v) is 7.23. The molecule has 0 radical (unpaired) electrons. The van der Waals surface area contributed by atoms with Gasteiger partial charge in [0.25, 0.3) is 0 Å². The Bertz CT molecular complexity index is 598. The standard InChI is InChI=1S/C15H21N3OS/c1-15(2)6-3-10(4-7-15)19-9-12-17-13(16)11-5-8-20-14(11)18-12/h5,8,10H,3-4,6-7,9H2,1-2H3,(H2,16,17,18). The van der Waals surface area contributed by atoms with Crippen molar-refractivity contribution in [3.05, 3.63) is 17.3 Å². The van der Waals surface area contributed by atoms with E-state index in [2.05, 4.69) is 23.8 Å². The molecule has 5 heteroatoms. The van der Waals surface area contributed by atoms with E-state index in [1.807, 2.05) is 11.4 Å². The van der Waals surface area contributed by atoms with Crippen molar-refractivity contribution in [2.24, 2.45) is 5.41 Å². The Kier molecular flexibility index (Phi) is 3.65. The monoisotopic (exact) mass is 291 g/mol. The van der Waals surface area contributed by atoms with E-state index in [9.17, 15) is 0 Å². The third-order valence-electron chi connectivity index (χ3n) is 4.14. The Hall–Kier alpha value is -1.20. The van der Waals surface area contributed by atoms with Gasteiger partial charge in [0, 0.05) is 0 Å². The Labute approximate surface area is 123 Å². The Morgan fingerprint density at radius 1 is 1.35 bits per heavy atom. The number of hydrogen-bond donors (Lipinski definition) is 1. The maximum absolute atomic E-state index is 5.97. The van der Waals surface area contributed by atoms with Gasteiger partial charge in [-0.15, -0.1) is 11.3 Å². The smallest absolute Gasteiger partial charge is 0.158 e. The zero-order chi connectivity index (χ0) is 14.2. The molecular weight excluding hydrogens is 270 g/mol. The predicted octanol–water partition coefficient (Wildman–Crippen LogP) is 3.76. The number of hydrogen-bond acceptors (Lipinski definition) is 5. The first-order valence-corrected chi connectivity index (χ1v) is 8.03. The van der Waals surface area contributed by atoms with Gasteiger partial charge in [0.2, 0.25) is 0 Å². The average Bonchev–Trinajstić information content (AvgIpc) is 2.86. The second-order valence-electron chi connectivity index (χ2n) is 6.34. The predicted molar refractivity (Wildman–Crippen MR) is 82.7 cm³/mol. The Morgan fingerprint density at radius 2 is 2.10 bits per heavy atom. The van der Waals surface area contributed by atoms with Crippen LogP contribution in [0.5, 0.6) is 0 Å². The summed E-state index contributed by atoms with van der Waals surface area (Å²) < 4.78 is 5.97. The van der Waals surface area contributed by atoms with Crippen LogP contribution in [0.4, 0.5) is 5.82 Å². The van der Waals surface area contributed by atoms with Crippen LogP contribution >= 0.6 is 11.3 Å². The lowest BCUT2D eigenvalue weighted by Crippen LogP contribution is -2.26. The number of nitrogen functional groups attached to an aromatic ring is 1. The van der Waals surface area contributed by atoms with E-state index < -0.39 is 0 Å². The molecule has 2 aromatic heterocycles. The summed E-state index contributed by atoms with van der Waals surface area (Å²) in [4.78, 5) is 9.79. The summed E-state index contributed by atoms with van der Waals surface area (Å²) in [5, 5.41) is 2.93. The fraction of sp³-hybridized carbons (Fsp3) is 0.600. The Morgan fingerprint density at radius 3 is 2.85 bits per heavy atom. The van der Waals surface area contributed by atoms with Crippen molar-refractivity contribution in [1.29, 1.82) is 0 Å². The summed E-state index contributed by atoms with van der Waals surface area (Å²) in [6.07, 6.45) is 5.05. The molecule has 0 aromatic carbocycles. The van der Waals surface area contributed by atoms with Crippen LogP contribution in [0.15, 0.2) is 11.4 Å². The summed E-state index contributed by atoms with van der Waals surface area (Å²) in [7, 11) is 0. The van der Waals surface area contributed by atoms with E-state index in [1.54, 1.807) is 11.3 Å².